The van der Waals surface area contributed by atoms with E-state index in [1.54, 1.807) is 18.9 Å². The Hall–Kier alpha value is -5.76. The largest absolute Gasteiger partial charge is 0.508 e. The van der Waals surface area contributed by atoms with E-state index in [2.05, 4.69) is 62.9 Å². The number of aliphatic hydroxyl groups is 1. The summed E-state index contributed by atoms with van der Waals surface area (Å²) >= 11 is 0. The van der Waals surface area contributed by atoms with Gasteiger partial charge in [-0.1, -0.05) is 42.5 Å². The molecule has 3 aliphatic rings. The normalized spacial score (nSPS) is 22.9. The fraction of sp³-hybridized carbons (Fsp3) is 0.417. The van der Waals surface area contributed by atoms with Crippen molar-refractivity contribution in [3.05, 3.63) is 108 Å². The second-order valence-corrected chi connectivity index (χ2v) is 16.8. The maximum absolute atomic E-state index is 11.2. The number of hydrogen-bond donors (Lipinski definition) is 3. The Morgan fingerprint density at radius 1 is 0.852 bits per heavy atom. The number of fused-ring (bicyclic) bond motifs is 6. The van der Waals surface area contributed by atoms with Gasteiger partial charge in [0.1, 0.15) is 35.9 Å². The molecule has 0 saturated heterocycles. The molecule has 3 aliphatic carbocycles. The lowest BCUT2D eigenvalue weighted by Crippen LogP contribution is -2.47. The Morgan fingerprint density at radius 2 is 1.66 bits per heavy atom. The third-order valence-electron chi connectivity index (χ3n) is 13.4. The number of phenols is 1. The van der Waals surface area contributed by atoms with Crippen molar-refractivity contribution in [1.82, 2.24) is 25.0 Å². The molecule has 2 heterocycles. The van der Waals surface area contributed by atoms with Crippen molar-refractivity contribution in [3.63, 3.8) is 0 Å². The molecule has 2 aromatic heterocycles. The predicted octanol–water partition coefficient (Wildman–Crippen LogP) is 8.08. The molecule has 2 saturated carbocycles. The third-order valence-corrected chi connectivity index (χ3v) is 13.4. The molecule has 9 rings (SSSR count). The SMILES string of the molecule is COc1cc2ncnc(Nc3cccc(-c4cn(CCOCCOCCOc5ccc(C6CC7(C)C(O)CCC7C7CCc8cc(O)ccc8C67)cc5)nn4)c3)c2cc1OC. The average Bonchev–Trinajstić information content (AvgIpc) is 3.88. The van der Waals surface area contributed by atoms with Crippen LogP contribution in [-0.4, -0.2) is 88.5 Å². The number of aromatic nitrogens is 5. The van der Waals surface area contributed by atoms with Crippen LogP contribution in [0.3, 0.4) is 0 Å². The second-order valence-electron chi connectivity index (χ2n) is 16.8. The fourth-order valence-electron chi connectivity index (χ4n) is 10.4. The van der Waals surface area contributed by atoms with E-state index < -0.39 is 0 Å². The molecule has 6 aromatic rings. The number of aryl methyl sites for hydroxylation is 1. The highest BCUT2D eigenvalue weighted by atomic mass is 16.5. The lowest BCUT2D eigenvalue weighted by Gasteiger charge is -2.54. The first kappa shape index (κ1) is 40.6. The number of hydrogen-bond acceptors (Lipinski definition) is 12. The maximum Gasteiger partial charge on any atom is 0.162 e. The summed E-state index contributed by atoms with van der Waals surface area (Å²) in [6, 6.07) is 26.1. The highest BCUT2D eigenvalue weighted by Crippen LogP contribution is 2.65. The zero-order valence-electron chi connectivity index (χ0n) is 35.0. The van der Waals surface area contributed by atoms with Crippen LogP contribution in [0.25, 0.3) is 22.2 Å². The van der Waals surface area contributed by atoms with Crippen molar-refractivity contribution >= 4 is 22.4 Å². The topological polar surface area (TPSA) is 155 Å². The van der Waals surface area contributed by atoms with Gasteiger partial charge in [-0.15, -0.1) is 5.10 Å². The van der Waals surface area contributed by atoms with Crippen LogP contribution in [0.1, 0.15) is 61.1 Å². The molecule has 2 fully saturated rings. The van der Waals surface area contributed by atoms with E-state index in [1.807, 2.05) is 54.7 Å². The number of methoxy groups -OCH3 is 2. The minimum atomic E-state index is -0.256. The quantitative estimate of drug-likeness (QED) is 0.0809. The number of nitrogens with zero attached hydrogens (tertiary/aromatic N) is 5. The van der Waals surface area contributed by atoms with Crippen molar-refractivity contribution in [1.29, 1.82) is 0 Å². The molecule has 0 aliphatic heterocycles. The van der Waals surface area contributed by atoms with Crippen LogP contribution >= 0.6 is 0 Å². The molecule has 0 spiro atoms. The number of aromatic hydroxyl groups is 1. The Balaban J connectivity index is 0.715. The van der Waals surface area contributed by atoms with E-state index in [0.717, 1.165) is 65.7 Å². The molecule has 4 aromatic carbocycles. The van der Waals surface area contributed by atoms with Crippen LogP contribution in [0, 0.1) is 17.3 Å². The molecular weight excluding hydrogens is 773 g/mol. The molecule has 0 bridgehead atoms. The van der Waals surface area contributed by atoms with Crippen LogP contribution in [0.5, 0.6) is 23.0 Å². The number of anilines is 2. The second kappa shape index (κ2) is 17.7. The minimum absolute atomic E-state index is 0.0773. The lowest BCUT2D eigenvalue weighted by atomic mass is 9.51. The van der Waals surface area contributed by atoms with Gasteiger partial charge in [-0.3, -0.25) is 0 Å². The van der Waals surface area contributed by atoms with Crippen molar-refractivity contribution in [2.24, 2.45) is 17.3 Å². The van der Waals surface area contributed by atoms with Gasteiger partial charge in [0.2, 0.25) is 0 Å². The monoisotopic (exact) mass is 826 g/mol. The Kier molecular flexibility index (Phi) is 11.8. The van der Waals surface area contributed by atoms with Gasteiger partial charge in [-0.25, -0.2) is 14.6 Å². The third kappa shape index (κ3) is 8.34. The Bertz CT molecular complexity index is 2460. The van der Waals surface area contributed by atoms with Crippen molar-refractivity contribution in [3.8, 4) is 34.3 Å². The molecule has 61 heavy (non-hydrogen) atoms. The number of phenolic OH excluding ortho intramolecular Hbond substituents is 1. The van der Waals surface area contributed by atoms with E-state index >= 15 is 0 Å². The average molecular weight is 827 g/mol. The van der Waals surface area contributed by atoms with Gasteiger partial charge in [0.25, 0.3) is 0 Å². The van der Waals surface area contributed by atoms with Crippen LogP contribution in [0.15, 0.2) is 91.4 Å². The van der Waals surface area contributed by atoms with E-state index in [4.69, 9.17) is 23.7 Å². The van der Waals surface area contributed by atoms with Gasteiger partial charge in [-0.05, 0) is 120 Å². The molecule has 0 radical (unpaired) electrons. The summed E-state index contributed by atoms with van der Waals surface area (Å²) in [7, 11) is 3.20. The van der Waals surface area contributed by atoms with Crippen molar-refractivity contribution in [2.45, 2.75) is 63.5 Å². The van der Waals surface area contributed by atoms with Crippen LogP contribution in [-0.2, 0) is 22.4 Å². The number of benzene rings is 4. The molecule has 6 atom stereocenters. The zero-order chi connectivity index (χ0) is 41.9. The summed E-state index contributed by atoms with van der Waals surface area (Å²) in [4.78, 5) is 8.87. The van der Waals surface area contributed by atoms with Gasteiger partial charge in [0.05, 0.1) is 65.0 Å². The van der Waals surface area contributed by atoms with E-state index in [9.17, 15) is 10.2 Å². The summed E-state index contributed by atoms with van der Waals surface area (Å²) in [5.41, 5.74) is 7.09. The van der Waals surface area contributed by atoms with Crippen LogP contribution in [0.4, 0.5) is 11.5 Å². The van der Waals surface area contributed by atoms with E-state index in [1.165, 1.54) is 23.0 Å². The molecule has 13 nitrogen and oxygen atoms in total. The minimum Gasteiger partial charge on any atom is -0.508 e. The van der Waals surface area contributed by atoms with Crippen LogP contribution < -0.4 is 19.5 Å². The van der Waals surface area contributed by atoms with E-state index in [-0.39, 0.29) is 11.5 Å². The number of rotatable bonds is 16. The van der Waals surface area contributed by atoms with Gasteiger partial charge in [0.15, 0.2) is 11.5 Å². The molecular formula is C48H54N6O7. The molecule has 318 valence electrons. The molecule has 0 amide bonds. The number of ether oxygens (including phenoxy) is 5. The predicted molar refractivity (Wildman–Crippen MR) is 232 cm³/mol. The highest BCUT2D eigenvalue weighted by molar-refractivity contribution is 5.93. The van der Waals surface area contributed by atoms with Gasteiger partial charge >= 0.3 is 0 Å². The van der Waals surface area contributed by atoms with Gasteiger partial charge in [0, 0.05) is 22.7 Å². The van der Waals surface area contributed by atoms with Crippen molar-refractivity contribution < 1.29 is 33.9 Å². The highest BCUT2D eigenvalue weighted by Gasteiger charge is 2.57. The van der Waals surface area contributed by atoms with Gasteiger partial charge < -0.3 is 39.2 Å². The summed E-state index contributed by atoms with van der Waals surface area (Å²) < 4.78 is 30.4. The lowest BCUT2D eigenvalue weighted by molar-refractivity contribution is -0.0323. The van der Waals surface area contributed by atoms with Gasteiger partial charge in [-0.2, -0.15) is 0 Å². The summed E-state index contributed by atoms with van der Waals surface area (Å²) in [6.45, 7) is 5.16. The smallest absolute Gasteiger partial charge is 0.162 e. The van der Waals surface area contributed by atoms with E-state index in [0.29, 0.717) is 86.3 Å². The first-order valence-electron chi connectivity index (χ1n) is 21.3. The standard InChI is InChI=1S/C48H54N6O7/c1-48-27-39(46-36-14-10-34(55)24-31(36)9-13-37(46)40(48)15-16-45(48)56)30-7-11-35(12-8-30)61-22-21-60-20-19-59-18-17-54-28-42(52-53-54)32-5-4-6-33(23-32)51-47-38-25-43(57-2)44(58-3)26-41(38)49-29-50-47/h4-8,10-12,14,23-26,28-29,37,39-40,45-46,55-56H,9,13,15-22,27H2,1-3H3,(H,49,50,51). The van der Waals surface area contributed by atoms with Crippen LogP contribution in [0.2, 0.25) is 0 Å². The molecule has 6 unspecified atom stereocenters. The Labute approximate surface area is 356 Å². The first-order chi connectivity index (χ1) is 29.8. The van der Waals surface area contributed by atoms with Crippen molar-refractivity contribution in [2.75, 3.05) is 52.6 Å². The summed E-state index contributed by atoms with van der Waals surface area (Å²) in [5, 5.41) is 34.3. The summed E-state index contributed by atoms with van der Waals surface area (Å²) in [6.07, 6.45) is 8.20. The zero-order valence-corrected chi connectivity index (χ0v) is 35.0. The number of nitrogens with one attached hydrogen (secondary N) is 1. The molecule has 13 heteroatoms. The first-order valence-corrected chi connectivity index (χ1v) is 21.3. The number of aliphatic hydroxyl groups excluding tert-OH is 1. The fourth-order valence-corrected chi connectivity index (χ4v) is 10.4. The summed E-state index contributed by atoms with van der Waals surface area (Å²) in [5.74, 6) is 4.73. The maximum atomic E-state index is 11.2. The molecule has 3 N–H and O–H groups in total. The Morgan fingerprint density at radius 3 is 2.49 bits per heavy atom.